The van der Waals surface area contributed by atoms with Gasteiger partial charge in [0.25, 0.3) is 5.69 Å². The summed E-state index contributed by atoms with van der Waals surface area (Å²) in [6.07, 6.45) is -3.73. The maximum atomic E-state index is 13.0. The Bertz CT molecular complexity index is 830. The Morgan fingerprint density at radius 1 is 1.33 bits per heavy atom. The molecule has 10 heteroatoms. The number of hydrogen-bond acceptors (Lipinski definition) is 6. The van der Waals surface area contributed by atoms with Gasteiger partial charge in [-0.05, 0) is 30.4 Å². The average Bonchev–Trinajstić information content (AvgIpc) is 2.61. The largest absolute Gasteiger partial charge is 0.417 e. The fourth-order valence-corrected chi connectivity index (χ4v) is 3.44. The van der Waals surface area contributed by atoms with Crippen molar-refractivity contribution in [3.8, 4) is 0 Å². The topological polar surface area (TPSA) is 80.1 Å². The normalized spacial score (nSPS) is 12.5. The summed E-state index contributed by atoms with van der Waals surface area (Å²) in [5.74, 6) is 0.981. The Morgan fingerprint density at radius 3 is 2.59 bits per heavy atom. The van der Waals surface area contributed by atoms with Crippen LogP contribution in [0.3, 0.4) is 0 Å². The molecule has 0 amide bonds. The number of alkyl halides is 3. The molecule has 1 aromatic carbocycles. The number of pyridine rings is 1. The van der Waals surface area contributed by atoms with Gasteiger partial charge in [0.05, 0.1) is 16.2 Å². The van der Waals surface area contributed by atoms with Crippen molar-refractivity contribution in [3.63, 3.8) is 0 Å². The summed E-state index contributed by atoms with van der Waals surface area (Å²) in [4.78, 5) is 15.1. The molecule has 1 aromatic heterocycles. The maximum absolute atomic E-state index is 13.0. The molecule has 0 saturated heterocycles. The van der Waals surface area contributed by atoms with Gasteiger partial charge in [-0.1, -0.05) is 6.92 Å². The molecule has 1 atom stereocenters. The van der Waals surface area contributed by atoms with E-state index in [-0.39, 0.29) is 17.2 Å². The van der Waals surface area contributed by atoms with Gasteiger partial charge in [0, 0.05) is 36.3 Å². The van der Waals surface area contributed by atoms with Crippen LogP contribution in [0, 0.1) is 10.1 Å². The van der Waals surface area contributed by atoms with Crippen LogP contribution in [0.4, 0.5) is 30.4 Å². The van der Waals surface area contributed by atoms with Crippen LogP contribution in [0.25, 0.3) is 0 Å². The molecular weight excluding hydrogens is 381 g/mol. The van der Waals surface area contributed by atoms with Gasteiger partial charge in [0.1, 0.15) is 5.82 Å². The Labute approximate surface area is 158 Å². The van der Waals surface area contributed by atoms with Crippen LogP contribution < -0.4 is 10.6 Å². The second-order valence-corrected chi connectivity index (χ2v) is 6.95. The molecule has 0 aliphatic carbocycles. The van der Waals surface area contributed by atoms with Gasteiger partial charge >= 0.3 is 6.18 Å². The highest BCUT2D eigenvalue weighted by Gasteiger charge is 2.32. The van der Waals surface area contributed by atoms with Crippen LogP contribution >= 0.6 is 11.8 Å². The Balaban J connectivity index is 2.39. The minimum atomic E-state index is -4.50. The molecule has 1 unspecified atom stereocenters. The molecule has 6 nitrogen and oxygen atoms in total. The second kappa shape index (κ2) is 8.47. The molecule has 2 rings (SSSR count). The SMILES string of the molecule is CCSc1cc([N+](=O)[O-])ccc1C(C)Nc1cc(C(F)(F)F)cnc1NC. The summed E-state index contributed by atoms with van der Waals surface area (Å²) in [5, 5.41) is 16.8. The average molecular weight is 400 g/mol. The second-order valence-electron chi connectivity index (χ2n) is 5.65. The van der Waals surface area contributed by atoms with E-state index in [0.29, 0.717) is 10.6 Å². The van der Waals surface area contributed by atoms with E-state index in [1.165, 1.54) is 23.9 Å². The molecule has 0 fully saturated rings. The number of rotatable bonds is 7. The zero-order valence-corrected chi connectivity index (χ0v) is 15.7. The number of nitro benzene ring substituents is 1. The molecule has 0 bridgehead atoms. The lowest BCUT2D eigenvalue weighted by molar-refractivity contribution is -0.385. The number of hydrogen-bond donors (Lipinski definition) is 2. The van der Waals surface area contributed by atoms with Crippen LogP contribution in [0.5, 0.6) is 0 Å². The number of thioether (sulfide) groups is 1. The van der Waals surface area contributed by atoms with Crippen molar-refractivity contribution < 1.29 is 18.1 Å². The van der Waals surface area contributed by atoms with Crippen LogP contribution in [0.15, 0.2) is 35.4 Å². The van der Waals surface area contributed by atoms with Gasteiger partial charge in [0.15, 0.2) is 0 Å². The zero-order chi connectivity index (χ0) is 20.2. The van der Waals surface area contributed by atoms with Gasteiger partial charge in [-0.3, -0.25) is 10.1 Å². The van der Waals surface area contributed by atoms with Crippen LogP contribution in [-0.4, -0.2) is 22.7 Å². The highest BCUT2D eigenvalue weighted by atomic mass is 32.2. The Hall–Kier alpha value is -2.49. The quantitative estimate of drug-likeness (QED) is 0.371. The predicted octanol–water partition coefficient (Wildman–Crippen LogP) is 5.34. The van der Waals surface area contributed by atoms with Crippen LogP contribution in [0.2, 0.25) is 0 Å². The van der Waals surface area contributed by atoms with E-state index in [1.807, 2.05) is 6.92 Å². The smallest absolute Gasteiger partial charge is 0.375 e. The number of nitrogens with zero attached hydrogens (tertiary/aromatic N) is 2. The zero-order valence-electron chi connectivity index (χ0n) is 14.9. The van der Waals surface area contributed by atoms with E-state index in [9.17, 15) is 23.3 Å². The summed E-state index contributed by atoms with van der Waals surface area (Å²) in [7, 11) is 1.57. The van der Waals surface area contributed by atoms with Gasteiger partial charge in [-0.2, -0.15) is 13.2 Å². The molecule has 2 aromatic rings. The lowest BCUT2D eigenvalue weighted by Gasteiger charge is -2.21. The lowest BCUT2D eigenvalue weighted by atomic mass is 10.1. The maximum Gasteiger partial charge on any atom is 0.417 e. The van der Waals surface area contributed by atoms with E-state index in [2.05, 4.69) is 15.6 Å². The lowest BCUT2D eigenvalue weighted by Crippen LogP contribution is -2.13. The molecule has 0 aliphatic rings. The molecule has 2 N–H and O–H groups in total. The summed E-state index contributed by atoms with van der Waals surface area (Å²) in [5.41, 5.74) is 0.0687. The van der Waals surface area contributed by atoms with Gasteiger partial charge in [-0.15, -0.1) is 11.8 Å². The van der Waals surface area contributed by atoms with E-state index in [4.69, 9.17) is 0 Å². The van der Waals surface area contributed by atoms with Gasteiger partial charge < -0.3 is 10.6 Å². The van der Waals surface area contributed by atoms with E-state index < -0.39 is 22.7 Å². The first-order valence-corrected chi connectivity index (χ1v) is 9.08. The number of non-ortho nitro benzene ring substituents is 1. The number of aromatic nitrogens is 1. The number of nitrogens with one attached hydrogen (secondary N) is 2. The first kappa shape index (κ1) is 20.8. The molecule has 0 aliphatic heterocycles. The van der Waals surface area contributed by atoms with Crippen molar-refractivity contribution in [2.24, 2.45) is 0 Å². The van der Waals surface area contributed by atoms with Crippen molar-refractivity contribution in [3.05, 3.63) is 51.7 Å². The number of benzene rings is 1. The van der Waals surface area contributed by atoms with Crippen LogP contribution in [0.1, 0.15) is 31.0 Å². The third kappa shape index (κ3) is 5.03. The van der Waals surface area contributed by atoms with Gasteiger partial charge in [0.2, 0.25) is 0 Å². The molecular formula is C17H19F3N4O2S. The summed E-state index contributed by atoms with van der Waals surface area (Å²) in [6, 6.07) is 5.08. The minimum absolute atomic E-state index is 0.0291. The van der Waals surface area contributed by atoms with E-state index in [0.717, 1.165) is 17.8 Å². The first-order valence-electron chi connectivity index (χ1n) is 8.10. The van der Waals surface area contributed by atoms with E-state index >= 15 is 0 Å². The Kier molecular flexibility index (Phi) is 6.53. The highest BCUT2D eigenvalue weighted by molar-refractivity contribution is 7.99. The fourth-order valence-electron chi connectivity index (χ4n) is 2.51. The first-order chi connectivity index (χ1) is 12.7. The third-order valence-electron chi connectivity index (χ3n) is 3.80. The highest BCUT2D eigenvalue weighted by Crippen LogP contribution is 2.36. The monoisotopic (exact) mass is 400 g/mol. The molecule has 27 heavy (non-hydrogen) atoms. The Morgan fingerprint density at radius 2 is 2.04 bits per heavy atom. The van der Waals surface area contributed by atoms with Crippen molar-refractivity contribution in [1.29, 1.82) is 0 Å². The van der Waals surface area contributed by atoms with Crippen molar-refractivity contribution >= 4 is 29.0 Å². The molecule has 0 saturated carbocycles. The molecule has 0 spiro atoms. The standard InChI is InChI=1S/C17H19F3N4O2S/c1-4-27-15-8-12(24(25)26)5-6-13(15)10(2)23-14-7-11(17(18,19)20)9-22-16(14)21-3/h5-10,23H,4H2,1-3H3,(H,21,22). The number of halogens is 3. The fraction of sp³-hybridized carbons (Fsp3) is 0.353. The van der Waals surface area contributed by atoms with Crippen molar-refractivity contribution in [1.82, 2.24) is 4.98 Å². The van der Waals surface area contributed by atoms with Gasteiger partial charge in [-0.25, -0.2) is 4.98 Å². The number of nitro groups is 1. The third-order valence-corrected chi connectivity index (χ3v) is 4.75. The summed E-state index contributed by atoms with van der Waals surface area (Å²) in [6.45, 7) is 3.70. The van der Waals surface area contributed by atoms with Crippen molar-refractivity contribution in [2.45, 2.75) is 31.0 Å². The molecule has 1 heterocycles. The molecule has 0 radical (unpaired) electrons. The summed E-state index contributed by atoms with van der Waals surface area (Å²) < 4.78 is 39.0. The minimum Gasteiger partial charge on any atom is -0.375 e. The van der Waals surface area contributed by atoms with Crippen molar-refractivity contribution in [2.75, 3.05) is 23.4 Å². The van der Waals surface area contributed by atoms with Crippen LogP contribution in [-0.2, 0) is 6.18 Å². The predicted molar refractivity (Wildman–Crippen MR) is 100 cm³/mol. The molecule has 146 valence electrons. The summed E-state index contributed by atoms with van der Waals surface area (Å²) >= 11 is 1.43. The van der Waals surface area contributed by atoms with E-state index in [1.54, 1.807) is 20.0 Å². The number of anilines is 2.